The molecule has 170 valence electrons. The van der Waals surface area contributed by atoms with Gasteiger partial charge in [-0.15, -0.1) is 0 Å². The molecule has 0 aliphatic heterocycles. The van der Waals surface area contributed by atoms with Crippen molar-refractivity contribution in [3.05, 3.63) is 72.4 Å². The predicted octanol–water partition coefficient (Wildman–Crippen LogP) is 9.02. The van der Waals surface area contributed by atoms with Crippen LogP contribution >= 0.6 is 0 Å². The maximum Gasteiger partial charge on any atom is 0.119 e. The van der Waals surface area contributed by atoms with E-state index in [1.54, 1.807) is 0 Å². The van der Waals surface area contributed by atoms with Crippen molar-refractivity contribution < 1.29 is 4.74 Å². The van der Waals surface area contributed by atoms with Gasteiger partial charge < -0.3 is 4.74 Å². The molecule has 2 nitrogen and oxygen atoms in total. The van der Waals surface area contributed by atoms with E-state index in [0.29, 0.717) is 0 Å². The monoisotopic (exact) mass is 429 g/mol. The second-order valence-corrected chi connectivity index (χ2v) is 8.86. The Balaban J connectivity index is 1.35. The molecule has 1 aromatic heterocycles. The molecule has 0 radical (unpaired) electrons. The molecular weight excluding hydrogens is 390 g/mol. The van der Waals surface area contributed by atoms with Crippen LogP contribution in [-0.2, 0) is 0 Å². The van der Waals surface area contributed by atoms with Crippen LogP contribution in [0.2, 0.25) is 0 Å². The van der Waals surface area contributed by atoms with Crippen molar-refractivity contribution in [3.8, 4) is 28.1 Å². The van der Waals surface area contributed by atoms with Gasteiger partial charge in [0.25, 0.3) is 0 Å². The summed E-state index contributed by atoms with van der Waals surface area (Å²) in [5.74, 6) is 0.953. The lowest BCUT2D eigenvalue weighted by atomic mass is 10.0. The molecule has 3 rings (SSSR count). The Labute approximate surface area is 195 Å². The zero-order valence-electron chi connectivity index (χ0n) is 20.0. The van der Waals surface area contributed by atoms with Gasteiger partial charge in [0.1, 0.15) is 5.75 Å². The summed E-state index contributed by atoms with van der Waals surface area (Å²) < 4.78 is 5.94. The number of benzene rings is 2. The lowest BCUT2D eigenvalue weighted by molar-refractivity contribution is 0.304. The summed E-state index contributed by atoms with van der Waals surface area (Å²) in [6.45, 7) is 5.19. The zero-order valence-corrected chi connectivity index (χ0v) is 20.0. The van der Waals surface area contributed by atoms with Crippen LogP contribution in [0.5, 0.6) is 5.75 Å². The SMILES string of the molecule is CCCCCCCCCCCCOc1ccc(-c2ccc(-c3cccc(C)c3)nc2)cc1. The average Bonchev–Trinajstić information content (AvgIpc) is 2.83. The highest BCUT2D eigenvalue weighted by Gasteiger charge is 2.03. The van der Waals surface area contributed by atoms with Gasteiger partial charge in [-0.05, 0) is 43.2 Å². The van der Waals surface area contributed by atoms with Gasteiger partial charge in [0.15, 0.2) is 0 Å². The van der Waals surface area contributed by atoms with Crippen LogP contribution in [0.15, 0.2) is 66.9 Å². The molecule has 0 spiro atoms. The minimum absolute atomic E-state index is 0.808. The number of aromatic nitrogens is 1. The number of nitrogens with zero attached hydrogens (tertiary/aromatic N) is 1. The normalized spacial score (nSPS) is 10.9. The molecule has 0 aliphatic carbocycles. The molecule has 0 bridgehead atoms. The van der Waals surface area contributed by atoms with Gasteiger partial charge in [-0.2, -0.15) is 0 Å². The first-order chi connectivity index (χ1) is 15.8. The van der Waals surface area contributed by atoms with E-state index in [2.05, 4.69) is 79.5 Å². The topological polar surface area (TPSA) is 22.1 Å². The highest BCUT2D eigenvalue weighted by Crippen LogP contribution is 2.25. The van der Waals surface area contributed by atoms with Crippen LogP contribution in [0, 0.1) is 6.92 Å². The summed E-state index contributed by atoms with van der Waals surface area (Å²) in [5, 5.41) is 0. The Morgan fingerprint density at radius 2 is 1.31 bits per heavy atom. The summed E-state index contributed by atoms with van der Waals surface area (Å²) in [7, 11) is 0. The third kappa shape index (κ3) is 8.15. The smallest absolute Gasteiger partial charge is 0.119 e. The minimum Gasteiger partial charge on any atom is -0.494 e. The molecule has 32 heavy (non-hydrogen) atoms. The molecule has 0 fully saturated rings. The minimum atomic E-state index is 0.808. The van der Waals surface area contributed by atoms with Crippen molar-refractivity contribution in [3.63, 3.8) is 0 Å². The molecular formula is C30H39NO. The molecule has 2 aromatic carbocycles. The zero-order chi connectivity index (χ0) is 22.4. The second-order valence-electron chi connectivity index (χ2n) is 8.86. The molecule has 0 saturated heterocycles. The quantitative estimate of drug-likeness (QED) is 0.238. The van der Waals surface area contributed by atoms with E-state index in [-0.39, 0.29) is 0 Å². The largest absolute Gasteiger partial charge is 0.494 e. The molecule has 0 atom stereocenters. The lowest BCUT2D eigenvalue weighted by Gasteiger charge is -2.08. The predicted molar refractivity (Wildman–Crippen MR) is 137 cm³/mol. The van der Waals surface area contributed by atoms with Crippen molar-refractivity contribution >= 4 is 0 Å². The number of pyridine rings is 1. The van der Waals surface area contributed by atoms with Gasteiger partial charge in [-0.3, -0.25) is 4.98 Å². The standard InChI is InChI=1S/C30H39NO/c1-3-4-5-6-7-8-9-10-11-12-22-32-29-19-16-26(17-20-29)28-18-21-30(31-24-28)27-15-13-14-25(2)23-27/h13-21,23-24H,3-12,22H2,1-2H3. The maximum atomic E-state index is 5.94. The Kier molecular flexibility index (Phi) is 10.3. The van der Waals surface area contributed by atoms with E-state index in [9.17, 15) is 0 Å². The third-order valence-corrected chi connectivity index (χ3v) is 6.03. The molecule has 3 aromatic rings. The summed E-state index contributed by atoms with van der Waals surface area (Å²) >= 11 is 0. The Morgan fingerprint density at radius 1 is 0.656 bits per heavy atom. The Hall–Kier alpha value is -2.61. The summed E-state index contributed by atoms with van der Waals surface area (Å²) in [4.78, 5) is 4.67. The van der Waals surface area contributed by atoms with Crippen molar-refractivity contribution in [2.45, 2.75) is 78.1 Å². The molecule has 0 saturated carbocycles. The van der Waals surface area contributed by atoms with Crippen LogP contribution in [0.4, 0.5) is 0 Å². The number of hydrogen-bond acceptors (Lipinski definition) is 2. The van der Waals surface area contributed by atoms with Gasteiger partial charge >= 0.3 is 0 Å². The van der Waals surface area contributed by atoms with Gasteiger partial charge in [0.2, 0.25) is 0 Å². The van der Waals surface area contributed by atoms with E-state index in [1.165, 1.54) is 68.9 Å². The number of ether oxygens (including phenoxy) is 1. The lowest BCUT2D eigenvalue weighted by Crippen LogP contribution is -1.97. The van der Waals surface area contributed by atoms with Crippen molar-refractivity contribution in [1.29, 1.82) is 0 Å². The van der Waals surface area contributed by atoms with Gasteiger partial charge in [-0.1, -0.05) is 107 Å². The van der Waals surface area contributed by atoms with Crippen molar-refractivity contribution in [2.24, 2.45) is 0 Å². The Bertz CT molecular complexity index is 899. The molecule has 0 unspecified atom stereocenters. The van der Waals surface area contributed by atoms with E-state index in [1.807, 2.05) is 6.20 Å². The first-order valence-electron chi connectivity index (χ1n) is 12.5. The Morgan fingerprint density at radius 3 is 1.94 bits per heavy atom. The number of aryl methyl sites for hydroxylation is 1. The first-order valence-corrected chi connectivity index (χ1v) is 12.5. The first kappa shape index (κ1) is 24.0. The van der Waals surface area contributed by atoms with Crippen LogP contribution < -0.4 is 4.74 Å². The fraction of sp³-hybridized carbons (Fsp3) is 0.433. The van der Waals surface area contributed by atoms with Gasteiger partial charge in [0.05, 0.1) is 12.3 Å². The van der Waals surface area contributed by atoms with Crippen LogP contribution in [0.25, 0.3) is 22.4 Å². The third-order valence-electron chi connectivity index (χ3n) is 6.03. The second kappa shape index (κ2) is 13.7. The van der Waals surface area contributed by atoms with Gasteiger partial charge in [-0.25, -0.2) is 0 Å². The molecule has 0 aliphatic rings. The summed E-state index contributed by atoms with van der Waals surface area (Å²) in [6.07, 6.45) is 15.4. The maximum absolute atomic E-state index is 5.94. The molecule has 1 heterocycles. The highest BCUT2D eigenvalue weighted by atomic mass is 16.5. The highest BCUT2D eigenvalue weighted by molar-refractivity contribution is 5.67. The molecule has 0 amide bonds. The molecule has 0 N–H and O–H groups in total. The summed E-state index contributed by atoms with van der Waals surface area (Å²) in [5.41, 5.74) is 5.71. The van der Waals surface area contributed by atoms with E-state index >= 15 is 0 Å². The fourth-order valence-electron chi connectivity index (χ4n) is 4.06. The van der Waals surface area contributed by atoms with E-state index in [0.717, 1.165) is 35.6 Å². The average molecular weight is 430 g/mol. The molecule has 2 heteroatoms. The number of hydrogen-bond donors (Lipinski definition) is 0. The van der Waals surface area contributed by atoms with Crippen molar-refractivity contribution in [2.75, 3.05) is 6.61 Å². The van der Waals surface area contributed by atoms with Crippen molar-refractivity contribution in [1.82, 2.24) is 4.98 Å². The number of unbranched alkanes of at least 4 members (excludes halogenated alkanes) is 9. The van der Waals surface area contributed by atoms with Gasteiger partial charge in [0, 0.05) is 17.3 Å². The van der Waals surface area contributed by atoms with E-state index < -0.39 is 0 Å². The van der Waals surface area contributed by atoms with E-state index in [4.69, 9.17) is 4.74 Å². The fourth-order valence-corrected chi connectivity index (χ4v) is 4.06. The van der Waals surface area contributed by atoms with Crippen LogP contribution in [0.1, 0.15) is 76.7 Å². The van der Waals surface area contributed by atoms with Crippen LogP contribution in [0.3, 0.4) is 0 Å². The number of rotatable bonds is 14. The summed E-state index contributed by atoms with van der Waals surface area (Å²) in [6, 6.07) is 21.1. The van der Waals surface area contributed by atoms with Crippen LogP contribution in [-0.4, -0.2) is 11.6 Å².